The van der Waals surface area contributed by atoms with E-state index in [0.29, 0.717) is 5.13 Å². The largest absolute Gasteiger partial charge is 0.479 e. The maximum absolute atomic E-state index is 11.1. The first kappa shape index (κ1) is 11.2. The number of ether oxygens (including phenoxy) is 1. The average Bonchev–Trinajstić information content (AvgIpc) is 2.46. The molecule has 14 heavy (non-hydrogen) atoms. The van der Waals surface area contributed by atoms with E-state index < -0.39 is 10.0 Å². The van der Waals surface area contributed by atoms with Crippen LogP contribution in [0.5, 0.6) is 5.88 Å². The Labute approximate surface area is 86.4 Å². The van der Waals surface area contributed by atoms with E-state index in [1.165, 1.54) is 7.11 Å². The Morgan fingerprint density at radius 3 is 2.36 bits per heavy atom. The molecule has 1 heterocycles. The summed E-state index contributed by atoms with van der Waals surface area (Å²) >= 11 is 0.976. The zero-order valence-corrected chi connectivity index (χ0v) is 9.65. The number of thiazole rings is 1. The number of methoxy groups -OCH3 is 1. The molecule has 0 aliphatic carbocycles. The minimum Gasteiger partial charge on any atom is -0.479 e. The predicted octanol–water partition coefficient (Wildman–Crippen LogP) is -0.135. The van der Waals surface area contributed by atoms with E-state index in [1.807, 2.05) is 0 Å². The van der Waals surface area contributed by atoms with Crippen LogP contribution in [0.4, 0.5) is 5.13 Å². The lowest BCUT2D eigenvalue weighted by Gasteiger charge is -2.04. The third kappa shape index (κ3) is 2.14. The third-order valence-corrected chi connectivity index (χ3v) is 4.03. The number of nitrogens with two attached hydrogens (primary N) is 1. The van der Waals surface area contributed by atoms with Crippen molar-refractivity contribution in [2.75, 3.05) is 26.1 Å². The molecule has 8 heteroatoms. The smallest absolute Gasteiger partial charge is 0.253 e. The zero-order chi connectivity index (χ0) is 10.9. The van der Waals surface area contributed by atoms with E-state index >= 15 is 0 Å². The molecule has 80 valence electrons. The molecule has 0 aliphatic heterocycles. The Morgan fingerprint density at radius 2 is 2.07 bits per heavy atom. The second kappa shape index (κ2) is 3.71. The molecule has 0 fully saturated rings. The predicted molar refractivity (Wildman–Crippen MR) is 54.4 cm³/mol. The summed E-state index contributed by atoms with van der Waals surface area (Å²) in [6.45, 7) is 0. The maximum Gasteiger partial charge on any atom is 0.253 e. The Bertz CT molecular complexity index is 424. The number of sulfonamides is 1. The lowest BCUT2D eigenvalue weighted by Crippen LogP contribution is -2.11. The zero-order valence-electron chi connectivity index (χ0n) is 8.01. The Morgan fingerprint density at radius 1 is 1.50 bits per heavy atom. The van der Waals surface area contributed by atoms with E-state index in [9.17, 15) is 8.42 Å². The first-order valence-corrected chi connectivity index (χ1v) is 5.97. The van der Waals surface area contributed by atoms with E-state index in [1.54, 1.807) is 19.0 Å². The number of hydrogen-bond donors (Lipinski definition) is 1. The lowest BCUT2D eigenvalue weighted by molar-refractivity contribution is 0.390. The van der Waals surface area contributed by atoms with Crippen LogP contribution < -0.4 is 14.8 Å². The highest BCUT2D eigenvalue weighted by atomic mass is 32.2. The summed E-state index contributed by atoms with van der Waals surface area (Å²) < 4.78 is 27.0. The van der Waals surface area contributed by atoms with Crippen molar-refractivity contribution < 1.29 is 13.2 Å². The molecular formula is C6H11N3O3S2. The summed E-state index contributed by atoms with van der Waals surface area (Å²) in [7, 11) is 1.11. The van der Waals surface area contributed by atoms with Crippen molar-refractivity contribution in [3.05, 3.63) is 0 Å². The molecule has 0 aliphatic rings. The fourth-order valence-electron chi connectivity index (χ4n) is 0.782. The SMILES string of the molecule is COc1nc(N(C)C)sc1S(N)(=O)=O. The lowest BCUT2D eigenvalue weighted by atomic mass is 10.8. The van der Waals surface area contributed by atoms with Gasteiger partial charge in [-0.3, -0.25) is 0 Å². The van der Waals surface area contributed by atoms with Crippen LogP contribution in [0.3, 0.4) is 0 Å². The van der Waals surface area contributed by atoms with Gasteiger partial charge in [-0.2, -0.15) is 4.98 Å². The number of rotatable bonds is 3. The van der Waals surface area contributed by atoms with Gasteiger partial charge in [0, 0.05) is 14.1 Å². The Hall–Kier alpha value is -0.860. The van der Waals surface area contributed by atoms with Crippen molar-refractivity contribution in [2.24, 2.45) is 5.14 Å². The topological polar surface area (TPSA) is 85.5 Å². The highest BCUT2D eigenvalue weighted by Crippen LogP contribution is 2.33. The van der Waals surface area contributed by atoms with Crippen molar-refractivity contribution in [1.82, 2.24) is 4.98 Å². The second-order valence-corrected chi connectivity index (χ2v) is 5.47. The van der Waals surface area contributed by atoms with Gasteiger partial charge in [0.05, 0.1) is 7.11 Å². The molecule has 6 nitrogen and oxygen atoms in total. The van der Waals surface area contributed by atoms with Crippen molar-refractivity contribution in [3.8, 4) is 5.88 Å². The van der Waals surface area contributed by atoms with Gasteiger partial charge >= 0.3 is 0 Å². The van der Waals surface area contributed by atoms with Crippen molar-refractivity contribution >= 4 is 26.5 Å². The van der Waals surface area contributed by atoms with E-state index in [4.69, 9.17) is 9.88 Å². The highest BCUT2D eigenvalue weighted by Gasteiger charge is 2.22. The normalized spacial score (nSPS) is 11.4. The van der Waals surface area contributed by atoms with Crippen LogP contribution >= 0.6 is 11.3 Å². The Kier molecular flexibility index (Phi) is 2.98. The fraction of sp³-hybridized carbons (Fsp3) is 0.500. The van der Waals surface area contributed by atoms with E-state index in [2.05, 4.69) is 4.98 Å². The molecule has 0 atom stereocenters. The number of nitrogens with zero attached hydrogens (tertiary/aromatic N) is 2. The van der Waals surface area contributed by atoms with Crippen LogP contribution in [0, 0.1) is 0 Å². The first-order chi connectivity index (χ1) is 6.36. The molecule has 0 amide bonds. The van der Waals surface area contributed by atoms with E-state index in [-0.39, 0.29) is 10.1 Å². The summed E-state index contributed by atoms with van der Waals surface area (Å²) in [6, 6.07) is 0. The molecule has 0 radical (unpaired) electrons. The van der Waals surface area contributed by atoms with Crippen molar-refractivity contribution in [1.29, 1.82) is 0 Å². The monoisotopic (exact) mass is 237 g/mol. The van der Waals surface area contributed by atoms with E-state index in [0.717, 1.165) is 11.3 Å². The van der Waals surface area contributed by atoms with Gasteiger partial charge in [0.2, 0.25) is 5.88 Å². The molecule has 1 aromatic heterocycles. The standard InChI is InChI=1S/C6H11N3O3S2/c1-9(2)6-8-4(12-3)5(13-6)14(7,10)11/h1-3H3,(H2,7,10,11). The molecule has 2 N–H and O–H groups in total. The summed E-state index contributed by atoms with van der Waals surface area (Å²) in [5.41, 5.74) is 0. The van der Waals surface area contributed by atoms with Gasteiger partial charge in [0.25, 0.3) is 10.0 Å². The second-order valence-electron chi connectivity index (χ2n) is 2.73. The van der Waals surface area contributed by atoms with Crippen molar-refractivity contribution in [3.63, 3.8) is 0 Å². The first-order valence-electron chi connectivity index (χ1n) is 3.61. The van der Waals surface area contributed by atoms with Gasteiger partial charge in [-0.15, -0.1) is 0 Å². The van der Waals surface area contributed by atoms with Gasteiger partial charge in [0.15, 0.2) is 9.34 Å². The summed E-state index contributed by atoms with van der Waals surface area (Å²) in [5.74, 6) is 0.0428. The van der Waals surface area contributed by atoms with Crippen LogP contribution in [0.2, 0.25) is 0 Å². The highest BCUT2D eigenvalue weighted by molar-refractivity contribution is 7.91. The fourth-order valence-corrected chi connectivity index (χ4v) is 2.54. The van der Waals surface area contributed by atoms with Crippen LogP contribution in [0.1, 0.15) is 0 Å². The quantitative estimate of drug-likeness (QED) is 0.791. The maximum atomic E-state index is 11.1. The molecule has 1 aromatic rings. The van der Waals surface area contributed by atoms with Crippen LogP contribution in [-0.2, 0) is 10.0 Å². The van der Waals surface area contributed by atoms with Gasteiger partial charge in [-0.05, 0) is 0 Å². The van der Waals surface area contributed by atoms with Gasteiger partial charge in [-0.25, -0.2) is 13.6 Å². The summed E-state index contributed by atoms with van der Waals surface area (Å²) in [4.78, 5) is 5.64. The number of primary sulfonamides is 1. The molecule has 0 bridgehead atoms. The average molecular weight is 237 g/mol. The molecule has 0 spiro atoms. The molecule has 0 unspecified atom stereocenters. The third-order valence-electron chi connectivity index (χ3n) is 1.39. The number of anilines is 1. The van der Waals surface area contributed by atoms with Gasteiger partial charge in [-0.1, -0.05) is 11.3 Å². The minimum absolute atomic E-state index is 0.0428. The molecule has 1 rings (SSSR count). The number of aromatic nitrogens is 1. The molecular weight excluding hydrogens is 226 g/mol. The number of hydrogen-bond acceptors (Lipinski definition) is 6. The van der Waals surface area contributed by atoms with Gasteiger partial charge in [0.1, 0.15) is 0 Å². The molecule has 0 saturated heterocycles. The Balaban J connectivity index is 3.30. The van der Waals surface area contributed by atoms with Crippen molar-refractivity contribution in [2.45, 2.75) is 4.21 Å². The van der Waals surface area contributed by atoms with Gasteiger partial charge < -0.3 is 9.64 Å². The van der Waals surface area contributed by atoms with Crippen LogP contribution in [0.15, 0.2) is 4.21 Å². The summed E-state index contributed by atoms with van der Waals surface area (Å²) in [5, 5.41) is 5.52. The minimum atomic E-state index is -3.75. The van der Waals surface area contributed by atoms with Crippen LogP contribution in [0.25, 0.3) is 0 Å². The molecule has 0 aromatic carbocycles. The molecule has 0 saturated carbocycles. The van der Waals surface area contributed by atoms with Crippen LogP contribution in [-0.4, -0.2) is 34.6 Å². The summed E-state index contributed by atoms with van der Waals surface area (Å²) in [6.07, 6.45) is 0.